The number of phosphoric ester groups is 2. The van der Waals surface area contributed by atoms with Gasteiger partial charge in [0.2, 0.25) is 0 Å². The molecule has 0 amide bonds. The standard InChI is InChI=1S/C52H83N3O16P2/c1-3-5-7-9-11-12-13-14-15-16-17-18-19-20-23-28-32-36-48(57)68-42(39-65-47(56)35-31-27-24-21-22-26-30-34-44-43(69-44)33-29-25-10-8-6-4-2)40-66-72(61,62)71-73(63,64)67-41-45-49(58)50(59)51(70-45)55-38-37-46(53)54-52(55)60/h14-15,17-18,20-21,23-26,29-30,37-38,42-45,49-51,58-59H,3-13,16,19,22,27-28,31-36,39-41H2,1-2H3,(H,61,62)(H,63,64)(H2,53,54,60)/b15-14-,18-17-,23-20-,24-21-,29-25-,30-26-/t42-,43?,44?,45-,49-,50-,51-/m1/s1. The topological polar surface area (TPSA) is 278 Å². The Labute approximate surface area is 431 Å². The van der Waals surface area contributed by atoms with E-state index in [1.165, 1.54) is 63.9 Å². The van der Waals surface area contributed by atoms with Gasteiger partial charge in [0.1, 0.15) is 30.7 Å². The Balaban J connectivity index is 1.43. The number of phosphoric acid groups is 2. The second-order valence-electron chi connectivity index (χ2n) is 18.1. The summed E-state index contributed by atoms with van der Waals surface area (Å²) in [6.45, 7) is 2.00. The molecule has 2 fully saturated rings. The summed E-state index contributed by atoms with van der Waals surface area (Å²) in [5.74, 6) is -1.44. The number of esters is 2. The van der Waals surface area contributed by atoms with Gasteiger partial charge in [-0.1, -0.05) is 132 Å². The molecule has 0 aliphatic carbocycles. The third-order valence-corrected chi connectivity index (χ3v) is 14.3. The fourth-order valence-electron chi connectivity index (χ4n) is 7.48. The second-order valence-corrected chi connectivity index (χ2v) is 21.1. The Morgan fingerprint density at radius 1 is 0.671 bits per heavy atom. The van der Waals surface area contributed by atoms with Crippen molar-refractivity contribution in [3.63, 3.8) is 0 Å². The largest absolute Gasteiger partial charge is 0.481 e. The molecule has 3 heterocycles. The molecule has 4 unspecified atom stereocenters. The van der Waals surface area contributed by atoms with Crippen LogP contribution in [0.2, 0.25) is 0 Å². The highest BCUT2D eigenvalue weighted by Gasteiger charge is 2.46. The first-order valence-corrected chi connectivity index (χ1v) is 29.1. The van der Waals surface area contributed by atoms with Crippen molar-refractivity contribution in [2.75, 3.05) is 25.6 Å². The number of allylic oxidation sites excluding steroid dienone is 10. The van der Waals surface area contributed by atoms with E-state index in [4.69, 9.17) is 33.7 Å². The summed E-state index contributed by atoms with van der Waals surface area (Å²) in [7, 11) is -10.9. The minimum atomic E-state index is -5.45. The maximum Gasteiger partial charge on any atom is 0.481 e. The fraction of sp³-hybridized carbons (Fsp3) is 0.654. The summed E-state index contributed by atoms with van der Waals surface area (Å²) < 4.78 is 62.4. The van der Waals surface area contributed by atoms with Gasteiger partial charge in [-0.25, -0.2) is 13.9 Å². The predicted molar refractivity (Wildman–Crippen MR) is 279 cm³/mol. The Morgan fingerprint density at radius 3 is 1.81 bits per heavy atom. The van der Waals surface area contributed by atoms with Gasteiger partial charge in [0.05, 0.1) is 25.4 Å². The maximum atomic E-state index is 12.9. The van der Waals surface area contributed by atoms with Crippen LogP contribution in [0, 0.1) is 0 Å². The highest BCUT2D eigenvalue weighted by atomic mass is 31.3. The van der Waals surface area contributed by atoms with Crippen molar-refractivity contribution < 1.29 is 71.0 Å². The van der Waals surface area contributed by atoms with Gasteiger partial charge < -0.3 is 44.7 Å². The monoisotopic (exact) mass is 1070 g/mol. The van der Waals surface area contributed by atoms with Gasteiger partial charge in [-0.3, -0.25) is 23.2 Å². The zero-order valence-electron chi connectivity index (χ0n) is 42.9. The fourth-order valence-corrected chi connectivity index (χ4v) is 9.59. The lowest BCUT2D eigenvalue weighted by Crippen LogP contribution is -2.36. The number of ether oxygens (including phenoxy) is 4. The van der Waals surface area contributed by atoms with E-state index >= 15 is 0 Å². The number of hydrogen-bond acceptors (Lipinski definition) is 16. The zero-order chi connectivity index (χ0) is 53.2. The molecule has 1 aromatic rings. The normalized spacial score (nSPS) is 22.3. The van der Waals surface area contributed by atoms with Gasteiger partial charge in [-0.2, -0.15) is 9.29 Å². The molecule has 1 aromatic heterocycles. The number of epoxide rings is 1. The van der Waals surface area contributed by atoms with Crippen molar-refractivity contribution in [1.82, 2.24) is 9.55 Å². The van der Waals surface area contributed by atoms with E-state index in [9.17, 15) is 43.5 Å². The molecule has 3 rings (SSSR count). The first-order valence-electron chi connectivity index (χ1n) is 26.1. The molecule has 412 valence electrons. The average Bonchev–Trinajstić information content (AvgIpc) is 4.04. The van der Waals surface area contributed by atoms with Crippen LogP contribution in [-0.4, -0.2) is 97.9 Å². The lowest BCUT2D eigenvalue weighted by Gasteiger charge is -2.21. The Morgan fingerprint density at radius 2 is 1.18 bits per heavy atom. The van der Waals surface area contributed by atoms with E-state index in [1.54, 1.807) is 0 Å². The van der Waals surface area contributed by atoms with Crippen LogP contribution in [0.15, 0.2) is 90.0 Å². The minimum Gasteiger partial charge on any atom is -0.462 e. The highest BCUT2D eigenvalue weighted by Crippen LogP contribution is 2.60. The third-order valence-electron chi connectivity index (χ3n) is 11.7. The molecule has 0 saturated carbocycles. The van der Waals surface area contributed by atoms with Crippen molar-refractivity contribution in [3.8, 4) is 0 Å². The number of nitrogen functional groups attached to an aromatic ring is 1. The van der Waals surface area contributed by atoms with Gasteiger partial charge in [0, 0.05) is 19.0 Å². The molecule has 6 N–H and O–H groups in total. The number of nitrogens with two attached hydrogens (primary N) is 1. The number of hydrogen-bond donors (Lipinski definition) is 5. The van der Waals surface area contributed by atoms with Gasteiger partial charge in [-0.15, -0.1) is 0 Å². The number of aliphatic hydroxyl groups is 2. The predicted octanol–water partition coefficient (Wildman–Crippen LogP) is 9.88. The lowest BCUT2D eigenvalue weighted by molar-refractivity contribution is -0.161. The van der Waals surface area contributed by atoms with Crippen LogP contribution in [0.5, 0.6) is 0 Å². The Bertz CT molecular complexity index is 2080. The number of aliphatic hydroxyl groups excluding tert-OH is 2. The summed E-state index contributed by atoms with van der Waals surface area (Å²) in [4.78, 5) is 61.9. The van der Waals surface area contributed by atoms with Crippen LogP contribution < -0.4 is 11.4 Å². The molecule has 0 bridgehead atoms. The number of carbonyl (C=O) groups is 2. The van der Waals surface area contributed by atoms with E-state index in [-0.39, 0.29) is 24.8 Å². The lowest BCUT2D eigenvalue weighted by atomic mass is 10.1. The first kappa shape index (κ1) is 63.5. The quantitative estimate of drug-likeness (QED) is 0.0134. The van der Waals surface area contributed by atoms with Crippen LogP contribution >= 0.6 is 15.6 Å². The van der Waals surface area contributed by atoms with Crippen molar-refractivity contribution in [2.45, 2.75) is 198 Å². The SMILES string of the molecule is CCCCC/C=C\CC1OC1C/C=C\C/C=C\CCCC(=O)OC[C@H](COP(=O)(O)OP(=O)(O)OC[C@H]1O[C@@H](n2ccc(N)nc2=O)[C@H](O)[C@@H]1O)OC(=O)CCC/C=C\C/C=C\C/C=C\CCCCCCCC. The summed E-state index contributed by atoms with van der Waals surface area (Å²) in [5.41, 5.74) is 4.58. The molecule has 2 aliphatic heterocycles. The number of carbonyl (C=O) groups excluding carboxylic acids is 2. The van der Waals surface area contributed by atoms with E-state index in [1.807, 2.05) is 24.3 Å². The molecule has 0 aromatic carbocycles. The summed E-state index contributed by atoms with van der Waals surface area (Å²) in [6.07, 6.45) is 38.8. The number of aromatic nitrogens is 2. The molecule has 2 saturated heterocycles. The molecule has 0 spiro atoms. The smallest absolute Gasteiger partial charge is 0.462 e. The Hall–Kier alpha value is -3.84. The number of anilines is 1. The maximum absolute atomic E-state index is 12.9. The number of nitrogens with zero attached hydrogens (tertiary/aromatic N) is 2. The Kier molecular flexibility index (Phi) is 32.2. The van der Waals surface area contributed by atoms with Gasteiger partial charge in [0.15, 0.2) is 12.3 Å². The first-order chi connectivity index (χ1) is 35.1. The molecular formula is C52H83N3O16P2. The van der Waals surface area contributed by atoms with Crippen LogP contribution in [-0.2, 0) is 51.0 Å². The van der Waals surface area contributed by atoms with Gasteiger partial charge in [-0.05, 0) is 89.5 Å². The van der Waals surface area contributed by atoms with Crippen molar-refractivity contribution in [1.29, 1.82) is 0 Å². The molecule has 73 heavy (non-hydrogen) atoms. The number of rotatable bonds is 41. The molecular weight excluding hydrogens is 985 g/mol. The van der Waals surface area contributed by atoms with E-state index in [0.717, 1.165) is 55.7 Å². The van der Waals surface area contributed by atoms with E-state index < -0.39 is 83.7 Å². The summed E-state index contributed by atoms with van der Waals surface area (Å²) >= 11 is 0. The van der Waals surface area contributed by atoms with Crippen LogP contribution in [0.1, 0.15) is 161 Å². The van der Waals surface area contributed by atoms with E-state index in [0.29, 0.717) is 31.8 Å². The third kappa shape index (κ3) is 29.2. The van der Waals surface area contributed by atoms with Gasteiger partial charge >= 0.3 is 33.3 Å². The number of unbranched alkanes of at least 4 members (excludes halogenated alkanes) is 11. The summed E-state index contributed by atoms with van der Waals surface area (Å²) in [5, 5.41) is 20.9. The van der Waals surface area contributed by atoms with Crippen LogP contribution in [0.25, 0.3) is 0 Å². The average molecular weight is 1070 g/mol. The van der Waals surface area contributed by atoms with Crippen molar-refractivity contribution >= 4 is 33.4 Å². The molecule has 9 atom stereocenters. The second kappa shape index (κ2) is 37.0. The van der Waals surface area contributed by atoms with Crippen LogP contribution in [0.4, 0.5) is 5.82 Å². The van der Waals surface area contributed by atoms with Crippen molar-refractivity contribution in [3.05, 3.63) is 95.7 Å². The highest BCUT2D eigenvalue weighted by molar-refractivity contribution is 7.61. The summed E-state index contributed by atoms with van der Waals surface area (Å²) in [6, 6.07) is 1.24. The molecule has 21 heteroatoms. The zero-order valence-corrected chi connectivity index (χ0v) is 44.6. The van der Waals surface area contributed by atoms with Crippen LogP contribution in [0.3, 0.4) is 0 Å². The molecule has 19 nitrogen and oxygen atoms in total. The molecule has 2 aliphatic rings. The van der Waals surface area contributed by atoms with Crippen molar-refractivity contribution in [2.24, 2.45) is 0 Å². The molecule has 0 radical (unpaired) electrons. The minimum absolute atomic E-state index is 0.0318. The van der Waals surface area contributed by atoms with E-state index in [2.05, 4.69) is 71.8 Å². The van der Waals surface area contributed by atoms with Gasteiger partial charge in [0.25, 0.3) is 0 Å².